The van der Waals surface area contributed by atoms with Gasteiger partial charge in [-0.05, 0) is 0 Å². The molecule has 0 rings (SSSR count). The second-order valence-corrected chi connectivity index (χ2v) is 0. The Balaban J connectivity index is -0.00000000500. The molecule has 18 valence electrons. The van der Waals surface area contributed by atoms with Gasteiger partial charge in [-0.2, -0.15) is 0 Å². The van der Waals surface area contributed by atoms with Gasteiger partial charge in [-0.3, -0.25) is 0 Å². The van der Waals surface area contributed by atoms with Crippen molar-refractivity contribution in [2.75, 3.05) is 0 Å². The second-order valence-electron chi connectivity index (χ2n) is 0. The van der Waals surface area contributed by atoms with E-state index < -0.39 is 0 Å². The summed E-state index contributed by atoms with van der Waals surface area (Å²) in [5, 5.41) is 0. The maximum atomic E-state index is 8.06. The van der Waals surface area contributed by atoms with E-state index in [9.17, 15) is 0 Å². The van der Waals surface area contributed by atoms with E-state index in [0.717, 1.165) is 0 Å². The molecule has 4 heavy (non-hydrogen) atoms. The normalized spacial score (nSPS) is 1.00. The first kappa shape index (κ1) is 17.1. The molecule has 4 heteroatoms. The predicted molar refractivity (Wildman–Crippen MR) is 6.44 cm³/mol. The van der Waals surface area contributed by atoms with Gasteiger partial charge in [0, 0.05) is 52.0 Å². The molecule has 0 aromatic heterocycles. The number of rotatable bonds is 0. The molecule has 0 aromatic rings. The molecule has 0 aliphatic carbocycles. The van der Waals surface area contributed by atoms with E-state index in [1.54, 1.807) is 10.1 Å². The van der Waals surface area contributed by atoms with Crippen molar-refractivity contribution in [1.82, 2.24) is 0 Å². The van der Waals surface area contributed by atoms with Gasteiger partial charge in [0.25, 0.3) is 0 Å². The van der Waals surface area contributed by atoms with Gasteiger partial charge in [-0.25, -0.2) is 0 Å². The summed E-state index contributed by atoms with van der Waals surface area (Å²) < 4.78 is 8.06. The molecular weight excluding hydrogens is 314 g/mol. The van der Waals surface area contributed by atoms with Crippen LogP contribution in [0.2, 0.25) is 0 Å². The third kappa shape index (κ3) is 9.23. The van der Waals surface area contributed by atoms with Gasteiger partial charge < -0.3 is 4.46 Å². The van der Waals surface area contributed by atoms with Gasteiger partial charge in [-0.1, -0.05) is 0 Å². The van der Waals surface area contributed by atoms with Crippen molar-refractivity contribution in [1.29, 1.82) is 0 Å². The van der Waals surface area contributed by atoms with Crippen LogP contribution in [0.3, 0.4) is 0 Å². The topological polar surface area (TPSA) is 17.1 Å². The maximum absolute atomic E-state index is 8.06. The van der Waals surface area contributed by atoms with E-state index in [0.29, 0.717) is 0 Å². The van der Waals surface area contributed by atoms with Crippen molar-refractivity contribution in [2.45, 2.75) is 0 Å². The van der Waals surface area contributed by atoms with E-state index in [1.807, 2.05) is 0 Å². The van der Waals surface area contributed by atoms with E-state index in [2.05, 4.69) is 0 Å². The number of hydrogen-bond acceptors (Lipinski definition) is 1. The van der Waals surface area contributed by atoms with E-state index in [-0.39, 0.29) is 52.0 Å². The quantitative estimate of drug-likeness (QED) is 0.551. The van der Waals surface area contributed by atoms with E-state index >= 15 is 0 Å². The van der Waals surface area contributed by atoms with Crippen molar-refractivity contribution in [3.8, 4) is 0 Å². The summed E-state index contributed by atoms with van der Waals surface area (Å²) in [5.41, 5.74) is 0. The minimum absolute atomic E-state index is 0. The zero-order chi connectivity index (χ0) is 2.00. The molecule has 0 N–H and O–H groups in total. The van der Waals surface area contributed by atoms with Gasteiger partial charge in [0.1, 0.15) is 0 Å². The van der Waals surface area contributed by atoms with Crippen LogP contribution < -0.4 is 0 Å². The fourth-order valence-electron chi connectivity index (χ4n) is 0. The van der Waals surface area contributed by atoms with Crippen LogP contribution in [0, 0.1) is 0 Å². The van der Waals surface area contributed by atoms with Gasteiger partial charge in [0.2, 0.25) is 0 Å². The molecule has 0 aliphatic rings. The average molecular weight is 314 g/mol. The van der Waals surface area contributed by atoms with Crippen LogP contribution in [0.1, 0.15) is 0 Å². The number of hydrogen-bond donors (Lipinski definition) is 0. The Morgan fingerprint density at radius 2 is 1.25 bits per heavy atom. The van der Waals surface area contributed by atoms with Crippen LogP contribution in [-0.2, 0) is 56.5 Å². The Morgan fingerprint density at radius 3 is 1.25 bits per heavy atom. The first-order chi connectivity index (χ1) is 1.00. The predicted octanol–water partition coefficient (Wildman–Crippen LogP) is -0.505. The molecule has 0 heterocycles. The first-order valence-electron chi connectivity index (χ1n) is 0.204. The fraction of sp³-hybridized carbons (Fsp3) is 0. The minimum atomic E-state index is 0. The summed E-state index contributed by atoms with van der Waals surface area (Å²) >= 11 is 0. The molecule has 0 saturated carbocycles. The van der Waals surface area contributed by atoms with E-state index in [4.69, 9.17) is 4.46 Å². The Hall–Kier alpha value is 1.77. The third-order valence-electron chi connectivity index (χ3n) is 0. The second kappa shape index (κ2) is 21.6. The van der Waals surface area contributed by atoms with Crippen molar-refractivity contribution in [2.24, 2.45) is 0 Å². The summed E-state index contributed by atoms with van der Waals surface area (Å²) in [4.78, 5) is 0. The fourth-order valence-corrected chi connectivity index (χ4v) is 0. The molecule has 0 aromatic carbocycles. The molecular formula is HfOSiZr. The van der Waals surface area contributed by atoms with E-state index in [1.165, 1.54) is 0 Å². The standard InChI is InChI=1S/Hf.OSi.Zr/c;1-2;. The van der Waals surface area contributed by atoms with Crippen LogP contribution in [0.25, 0.3) is 0 Å². The zero-order valence-electron chi connectivity index (χ0n) is 1.91. The Kier molecular flexibility index (Phi) is 92.6. The van der Waals surface area contributed by atoms with Gasteiger partial charge in [0.15, 0.2) is 0 Å². The van der Waals surface area contributed by atoms with Crippen LogP contribution in [0.5, 0.6) is 0 Å². The SMILES string of the molecule is O=[Si].[Hf].[Zr]. The molecule has 0 fully saturated rings. The average Bonchev–Trinajstić information content (AvgIpc) is 1.00. The molecule has 0 unspecified atom stereocenters. The Labute approximate surface area is 65.9 Å². The molecule has 0 aliphatic heterocycles. The van der Waals surface area contributed by atoms with Crippen LogP contribution in [0.15, 0.2) is 0 Å². The summed E-state index contributed by atoms with van der Waals surface area (Å²) in [6.07, 6.45) is 0. The molecule has 0 amide bonds. The Morgan fingerprint density at radius 1 is 1.25 bits per heavy atom. The molecule has 0 atom stereocenters. The van der Waals surface area contributed by atoms with Crippen LogP contribution in [0.4, 0.5) is 0 Å². The summed E-state index contributed by atoms with van der Waals surface area (Å²) in [5.74, 6) is 0. The summed E-state index contributed by atoms with van der Waals surface area (Å²) in [7, 11) is 1.72. The summed E-state index contributed by atoms with van der Waals surface area (Å²) in [6.45, 7) is 0. The monoisotopic (exact) mass is 314 g/mol. The largest absolute Gasteiger partial charge is 0.381 e. The van der Waals surface area contributed by atoms with Crippen molar-refractivity contribution in [3.05, 3.63) is 0 Å². The zero-order valence-corrected chi connectivity index (χ0v) is 8.96. The molecule has 2 radical (unpaired) electrons. The van der Waals surface area contributed by atoms with Crippen molar-refractivity contribution in [3.63, 3.8) is 0 Å². The van der Waals surface area contributed by atoms with Gasteiger partial charge in [-0.15, -0.1) is 0 Å². The molecule has 0 spiro atoms. The van der Waals surface area contributed by atoms with Crippen LogP contribution in [-0.4, -0.2) is 10.1 Å². The minimum Gasteiger partial charge on any atom is -0.381 e. The van der Waals surface area contributed by atoms with Crippen LogP contribution >= 0.6 is 0 Å². The first-order valence-corrected chi connectivity index (χ1v) is 0.612. The maximum Gasteiger partial charge on any atom is 0.381 e. The molecule has 1 nitrogen and oxygen atoms in total. The van der Waals surface area contributed by atoms with Gasteiger partial charge in [0.05, 0.1) is 0 Å². The third-order valence-corrected chi connectivity index (χ3v) is 0. The Bertz CT molecular complexity index is 8.00. The molecule has 0 saturated heterocycles. The summed E-state index contributed by atoms with van der Waals surface area (Å²) in [6, 6.07) is 0. The van der Waals surface area contributed by atoms with Gasteiger partial charge >= 0.3 is 10.1 Å². The smallest absolute Gasteiger partial charge is 0.381 e. The van der Waals surface area contributed by atoms with Crippen molar-refractivity contribution < 1.29 is 56.5 Å². The molecule has 0 bridgehead atoms. The van der Waals surface area contributed by atoms with Crippen molar-refractivity contribution >= 4 is 10.1 Å².